The topological polar surface area (TPSA) is 45.6 Å². The van der Waals surface area contributed by atoms with Crippen molar-refractivity contribution in [3.8, 4) is 0 Å². The average molecular weight is 190 g/mol. The van der Waals surface area contributed by atoms with Gasteiger partial charge in [0.1, 0.15) is 5.82 Å². The van der Waals surface area contributed by atoms with Crippen LogP contribution in [0.5, 0.6) is 0 Å². The first-order valence-electron chi connectivity index (χ1n) is 4.62. The van der Waals surface area contributed by atoms with Crippen LogP contribution in [0.15, 0.2) is 24.5 Å². The first-order valence-corrected chi connectivity index (χ1v) is 4.62. The van der Waals surface area contributed by atoms with Gasteiger partial charge in [-0.15, -0.1) is 0 Å². The molecule has 74 valence electrons. The maximum atomic E-state index is 4.31. The van der Waals surface area contributed by atoms with Crippen molar-refractivity contribution in [2.45, 2.75) is 13.5 Å². The normalized spacial score (nSPS) is 10.4. The molecule has 2 rings (SSSR count). The fourth-order valence-corrected chi connectivity index (χ4v) is 1.31. The summed E-state index contributed by atoms with van der Waals surface area (Å²) in [5.74, 6) is 0.922. The first-order chi connectivity index (χ1) is 6.75. The van der Waals surface area contributed by atoms with Crippen LogP contribution in [-0.2, 0) is 13.6 Å². The summed E-state index contributed by atoms with van der Waals surface area (Å²) in [6, 6.07) is 4.08. The SMILES string of the molecule is Cc1cc(NCc2cc[nH]c2)nn1C. The Morgan fingerprint density at radius 1 is 1.57 bits per heavy atom. The molecule has 0 amide bonds. The van der Waals surface area contributed by atoms with Crippen LogP contribution >= 0.6 is 0 Å². The Morgan fingerprint density at radius 3 is 3.00 bits per heavy atom. The quantitative estimate of drug-likeness (QED) is 0.773. The van der Waals surface area contributed by atoms with Crippen molar-refractivity contribution in [2.24, 2.45) is 7.05 Å². The van der Waals surface area contributed by atoms with Crippen LogP contribution in [0.4, 0.5) is 5.82 Å². The highest BCUT2D eigenvalue weighted by Crippen LogP contribution is 2.08. The molecule has 0 bridgehead atoms. The van der Waals surface area contributed by atoms with Gasteiger partial charge < -0.3 is 10.3 Å². The zero-order valence-electron chi connectivity index (χ0n) is 8.41. The Bertz CT molecular complexity index is 380. The molecule has 2 heterocycles. The summed E-state index contributed by atoms with van der Waals surface area (Å²) in [4.78, 5) is 3.02. The molecular formula is C10H14N4. The van der Waals surface area contributed by atoms with E-state index in [1.54, 1.807) is 0 Å². The van der Waals surface area contributed by atoms with E-state index in [9.17, 15) is 0 Å². The van der Waals surface area contributed by atoms with Gasteiger partial charge in [-0.05, 0) is 18.6 Å². The van der Waals surface area contributed by atoms with Gasteiger partial charge in [-0.3, -0.25) is 4.68 Å². The second-order valence-corrected chi connectivity index (χ2v) is 3.37. The predicted octanol–water partition coefficient (Wildman–Crippen LogP) is 1.67. The van der Waals surface area contributed by atoms with E-state index in [0.29, 0.717) is 0 Å². The van der Waals surface area contributed by atoms with Crippen LogP contribution in [-0.4, -0.2) is 14.8 Å². The molecule has 2 aromatic heterocycles. The molecule has 0 saturated heterocycles. The average Bonchev–Trinajstić information content (AvgIpc) is 2.74. The van der Waals surface area contributed by atoms with E-state index in [1.807, 2.05) is 43.2 Å². The van der Waals surface area contributed by atoms with Gasteiger partial charge in [0.15, 0.2) is 0 Å². The molecule has 14 heavy (non-hydrogen) atoms. The monoisotopic (exact) mass is 190 g/mol. The summed E-state index contributed by atoms with van der Waals surface area (Å²) in [6.45, 7) is 2.84. The molecule has 0 aromatic carbocycles. The molecule has 2 aromatic rings. The number of hydrogen-bond donors (Lipinski definition) is 2. The van der Waals surface area contributed by atoms with Gasteiger partial charge in [0.05, 0.1) is 0 Å². The lowest BCUT2D eigenvalue weighted by Crippen LogP contribution is -1.99. The zero-order valence-corrected chi connectivity index (χ0v) is 8.41. The van der Waals surface area contributed by atoms with Crippen LogP contribution in [0.25, 0.3) is 0 Å². The maximum absolute atomic E-state index is 4.31. The molecule has 0 radical (unpaired) electrons. The number of hydrogen-bond acceptors (Lipinski definition) is 2. The third kappa shape index (κ3) is 1.79. The summed E-state index contributed by atoms with van der Waals surface area (Å²) in [7, 11) is 1.94. The Labute approximate surface area is 82.9 Å². The van der Waals surface area contributed by atoms with Crippen molar-refractivity contribution in [3.63, 3.8) is 0 Å². The molecule has 4 heteroatoms. The van der Waals surface area contributed by atoms with E-state index in [4.69, 9.17) is 0 Å². The molecule has 0 spiro atoms. The number of anilines is 1. The molecule has 2 N–H and O–H groups in total. The van der Waals surface area contributed by atoms with Gasteiger partial charge in [0.25, 0.3) is 0 Å². The molecule has 0 fully saturated rings. The van der Waals surface area contributed by atoms with Crippen LogP contribution in [0.2, 0.25) is 0 Å². The minimum Gasteiger partial charge on any atom is -0.367 e. The van der Waals surface area contributed by atoms with Gasteiger partial charge >= 0.3 is 0 Å². The standard InChI is InChI=1S/C10H14N4/c1-8-5-10(13-14(8)2)12-7-9-3-4-11-6-9/h3-6,11H,7H2,1-2H3,(H,12,13). The summed E-state index contributed by atoms with van der Waals surface area (Å²) >= 11 is 0. The van der Waals surface area contributed by atoms with Crippen LogP contribution in [0, 0.1) is 6.92 Å². The first kappa shape index (κ1) is 8.87. The Hall–Kier alpha value is -1.71. The van der Waals surface area contributed by atoms with Crippen molar-refractivity contribution in [2.75, 3.05) is 5.32 Å². The van der Waals surface area contributed by atoms with Crippen LogP contribution < -0.4 is 5.32 Å². The van der Waals surface area contributed by atoms with Gasteiger partial charge in [-0.25, -0.2) is 0 Å². The van der Waals surface area contributed by atoms with Crippen LogP contribution in [0.1, 0.15) is 11.3 Å². The minimum absolute atomic E-state index is 0.806. The largest absolute Gasteiger partial charge is 0.367 e. The molecule has 0 unspecified atom stereocenters. The van der Waals surface area contributed by atoms with Gasteiger partial charge in [0.2, 0.25) is 0 Å². The van der Waals surface area contributed by atoms with E-state index >= 15 is 0 Å². The highest BCUT2D eigenvalue weighted by molar-refractivity contribution is 5.36. The van der Waals surface area contributed by atoms with Crippen molar-refractivity contribution < 1.29 is 0 Å². The Morgan fingerprint density at radius 2 is 2.43 bits per heavy atom. The highest BCUT2D eigenvalue weighted by atomic mass is 15.3. The Balaban J connectivity index is 1.98. The van der Waals surface area contributed by atoms with Crippen molar-refractivity contribution in [1.82, 2.24) is 14.8 Å². The summed E-state index contributed by atoms with van der Waals surface area (Å²) < 4.78 is 1.86. The molecule has 0 saturated carbocycles. The molecular weight excluding hydrogens is 176 g/mol. The molecule has 0 aliphatic rings. The third-order valence-electron chi connectivity index (χ3n) is 2.25. The van der Waals surface area contributed by atoms with Gasteiger partial charge in [0, 0.05) is 37.7 Å². The van der Waals surface area contributed by atoms with Crippen molar-refractivity contribution >= 4 is 5.82 Å². The highest BCUT2D eigenvalue weighted by Gasteiger charge is 1.99. The summed E-state index contributed by atoms with van der Waals surface area (Å²) in [6.07, 6.45) is 3.89. The maximum Gasteiger partial charge on any atom is 0.148 e. The van der Waals surface area contributed by atoms with E-state index in [2.05, 4.69) is 15.4 Å². The number of aromatic nitrogens is 3. The molecule has 0 aliphatic carbocycles. The number of aryl methyl sites for hydroxylation is 2. The molecule has 0 atom stereocenters. The fraction of sp³-hybridized carbons (Fsp3) is 0.300. The van der Waals surface area contributed by atoms with E-state index in [1.165, 1.54) is 5.56 Å². The molecule has 0 aliphatic heterocycles. The predicted molar refractivity (Wildman–Crippen MR) is 56.1 cm³/mol. The number of nitrogens with zero attached hydrogens (tertiary/aromatic N) is 2. The second kappa shape index (κ2) is 3.57. The lowest BCUT2D eigenvalue weighted by Gasteiger charge is -1.98. The van der Waals surface area contributed by atoms with E-state index < -0.39 is 0 Å². The fourth-order valence-electron chi connectivity index (χ4n) is 1.31. The van der Waals surface area contributed by atoms with Crippen LogP contribution in [0.3, 0.4) is 0 Å². The van der Waals surface area contributed by atoms with Crippen molar-refractivity contribution in [3.05, 3.63) is 35.8 Å². The van der Waals surface area contributed by atoms with E-state index in [0.717, 1.165) is 18.1 Å². The number of H-pyrrole nitrogens is 1. The summed E-state index contributed by atoms with van der Waals surface area (Å²) in [5, 5.41) is 7.56. The van der Waals surface area contributed by atoms with Crippen molar-refractivity contribution in [1.29, 1.82) is 0 Å². The lowest BCUT2D eigenvalue weighted by atomic mass is 10.3. The minimum atomic E-state index is 0.806. The van der Waals surface area contributed by atoms with E-state index in [-0.39, 0.29) is 0 Å². The summed E-state index contributed by atoms with van der Waals surface area (Å²) in [5.41, 5.74) is 2.38. The third-order valence-corrected chi connectivity index (χ3v) is 2.25. The lowest BCUT2D eigenvalue weighted by molar-refractivity contribution is 0.741. The zero-order chi connectivity index (χ0) is 9.97. The van der Waals surface area contributed by atoms with Gasteiger partial charge in [-0.2, -0.15) is 5.10 Å². The number of aromatic amines is 1. The smallest absolute Gasteiger partial charge is 0.148 e. The second-order valence-electron chi connectivity index (χ2n) is 3.37. The van der Waals surface area contributed by atoms with Gasteiger partial charge in [-0.1, -0.05) is 0 Å². The Kier molecular flexibility index (Phi) is 2.26. The molecule has 4 nitrogen and oxygen atoms in total. The number of rotatable bonds is 3. The number of nitrogens with one attached hydrogen (secondary N) is 2.